The maximum atomic E-state index is 12.8. The molecule has 23 heavy (non-hydrogen) atoms. The van der Waals surface area contributed by atoms with Gasteiger partial charge in [-0.3, -0.25) is 4.79 Å². The lowest BCUT2D eigenvalue weighted by Gasteiger charge is -2.08. The molecular formula is C16H16N2O4S. The number of anilines is 1. The van der Waals surface area contributed by atoms with Gasteiger partial charge in [0.2, 0.25) is 0 Å². The van der Waals surface area contributed by atoms with E-state index in [1.807, 2.05) is 11.6 Å². The van der Waals surface area contributed by atoms with E-state index in [2.05, 4.69) is 0 Å². The van der Waals surface area contributed by atoms with Crippen LogP contribution in [0.3, 0.4) is 0 Å². The first-order chi connectivity index (χ1) is 11.0. The van der Waals surface area contributed by atoms with Crippen LogP contribution in [0, 0.1) is 0 Å². The molecule has 0 radical (unpaired) electrons. The summed E-state index contributed by atoms with van der Waals surface area (Å²) in [6.45, 7) is 1.98. The molecule has 120 valence electrons. The van der Waals surface area contributed by atoms with Crippen molar-refractivity contribution in [3.63, 3.8) is 0 Å². The van der Waals surface area contributed by atoms with Gasteiger partial charge < -0.3 is 19.8 Å². The number of methoxy groups -OCH3 is 1. The number of hydrogen-bond donors (Lipinski definition) is 1. The average molecular weight is 332 g/mol. The van der Waals surface area contributed by atoms with E-state index < -0.39 is 5.97 Å². The maximum absolute atomic E-state index is 12.8. The predicted molar refractivity (Wildman–Crippen MR) is 91.5 cm³/mol. The molecule has 0 saturated carbocycles. The Balaban J connectivity index is 2.41. The molecule has 2 heterocycles. The Labute approximate surface area is 136 Å². The number of pyridine rings is 1. The van der Waals surface area contributed by atoms with Gasteiger partial charge in [0.05, 0.1) is 30.3 Å². The number of fused-ring (bicyclic) bond motifs is 2. The molecule has 6 nitrogen and oxygen atoms in total. The third kappa shape index (κ3) is 2.24. The Morgan fingerprint density at radius 1 is 1.39 bits per heavy atom. The zero-order valence-electron chi connectivity index (χ0n) is 13.0. The number of carbonyl (C=O) groups excluding carboxylic acids is 1. The van der Waals surface area contributed by atoms with E-state index in [1.54, 1.807) is 32.2 Å². The normalized spacial score (nSPS) is 11.1. The Hall–Kier alpha value is -2.54. The van der Waals surface area contributed by atoms with Crippen LogP contribution in [-0.2, 0) is 11.8 Å². The number of nitrogen functional groups attached to an aromatic ring is 1. The molecule has 0 spiro atoms. The highest BCUT2D eigenvalue weighted by atomic mass is 32.1. The van der Waals surface area contributed by atoms with E-state index in [0.29, 0.717) is 21.4 Å². The van der Waals surface area contributed by atoms with E-state index in [1.165, 1.54) is 0 Å². The van der Waals surface area contributed by atoms with Gasteiger partial charge in [-0.1, -0.05) is 0 Å². The predicted octanol–water partition coefficient (Wildman–Crippen LogP) is 2.52. The summed E-state index contributed by atoms with van der Waals surface area (Å²) in [7, 11) is 3.40. The number of carbonyl (C=O) groups is 1. The number of aryl methyl sites for hydroxylation is 1. The van der Waals surface area contributed by atoms with Gasteiger partial charge in [-0.25, -0.2) is 4.79 Å². The number of nitrogens with zero attached hydrogens (tertiary/aromatic N) is 1. The number of benzene rings is 1. The first-order valence-electron chi connectivity index (χ1n) is 7.05. The number of aromatic nitrogens is 1. The molecule has 3 aromatic rings. The van der Waals surface area contributed by atoms with Crippen LogP contribution in [0.25, 0.3) is 21.1 Å². The van der Waals surface area contributed by atoms with Crippen molar-refractivity contribution in [3.8, 4) is 5.75 Å². The highest BCUT2D eigenvalue weighted by Gasteiger charge is 2.22. The molecular weight excluding hydrogens is 316 g/mol. The summed E-state index contributed by atoms with van der Waals surface area (Å²) in [5.41, 5.74) is 6.77. The topological polar surface area (TPSA) is 83.6 Å². The van der Waals surface area contributed by atoms with Crippen LogP contribution in [0.1, 0.15) is 16.6 Å². The van der Waals surface area contributed by atoms with Crippen LogP contribution >= 0.6 is 11.3 Å². The average Bonchev–Trinajstić information content (AvgIpc) is 2.90. The SMILES string of the molecule is CCOC(=O)c1sc2c(c1N)c(=O)c1ccc(OC)cc1n2C. The number of hydrogen-bond acceptors (Lipinski definition) is 6. The van der Waals surface area contributed by atoms with Crippen molar-refractivity contribution in [1.82, 2.24) is 4.57 Å². The molecule has 0 unspecified atom stereocenters. The first-order valence-corrected chi connectivity index (χ1v) is 7.87. The first kappa shape index (κ1) is 15.4. The Bertz CT molecular complexity index is 987. The number of rotatable bonds is 3. The minimum absolute atomic E-state index is 0.182. The van der Waals surface area contributed by atoms with Crippen LogP contribution in [0.2, 0.25) is 0 Å². The van der Waals surface area contributed by atoms with Crippen molar-refractivity contribution in [1.29, 1.82) is 0 Å². The zero-order valence-corrected chi connectivity index (χ0v) is 13.8. The van der Waals surface area contributed by atoms with Crippen LogP contribution < -0.4 is 15.9 Å². The largest absolute Gasteiger partial charge is 0.497 e. The fourth-order valence-electron chi connectivity index (χ4n) is 2.59. The Kier molecular flexibility index (Phi) is 3.73. The Morgan fingerprint density at radius 2 is 2.13 bits per heavy atom. The molecule has 7 heteroatoms. The van der Waals surface area contributed by atoms with Gasteiger partial charge in [0.25, 0.3) is 0 Å². The van der Waals surface area contributed by atoms with E-state index in [-0.39, 0.29) is 22.6 Å². The highest BCUT2D eigenvalue weighted by Crippen LogP contribution is 2.34. The summed E-state index contributed by atoms with van der Waals surface area (Å²) in [6.07, 6.45) is 0. The quantitative estimate of drug-likeness (QED) is 0.745. The minimum Gasteiger partial charge on any atom is -0.497 e. The molecule has 0 saturated heterocycles. The molecule has 0 aliphatic carbocycles. The fraction of sp³-hybridized carbons (Fsp3) is 0.250. The van der Waals surface area contributed by atoms with Gasteiger partial charge in [-0.05, 0) is 19.1 Å². The number of esters is 1. The summed E-state index contributed by atoms with van der Waals surface area (Å²) in [4.78, 5) is 25.7. The van der Waals surface area contributed by atoms with Crippen molar-refractivity contribution in [2.24, 2.45) is 7.05 Å². The fourth-order valence-corrected chi connectivity index (χ4v) is 3.67. The van der Waals surface area contributed by atoms with E-state index >= 15 is 0 Å². The Morgan fingerprint density at radius 3 is 2.78 bits per heavy atom. The molecule has 0 atom stereocenters. The number of nitrogens with two attached hydrogens (primary N) is 1. The van der Waals surface area contributed by atoms with Gasteiger partial charge >= 0.3 is 5.97 Å². The molecule has 0 bridgehead atoms. The second-order valence-corrected chi connectivity index (χ2v) is 6.02. The van der Waals surface area contributed by atoms with Crippen LogP contribution in [0.5, 0.6) is 5.75 Å². The maximum Gasteiger partial charge on any atom is 0.350 e. The molecule has 0 fully saturated rings. The van der Waals surface area contributed by atoms with Crippen molar-refractivity contribution in [2.45, 2.75) is 6.92 Å². The van der Waals surface area contributed by atoms with Gasteiger partial charge in [-0.2, -0.15) is 0 Å². The van der Waals surface area contributed by atoms with Crippen molar-refractivity contribution < 1.29 is 14.3 Å². The molecule has 1 aromatic carbocycles. The summed E-state index contributed by atoms with van der Waals surface area (Å²) in [5.74, 6) is 0.147. The third-order valence-corrected chi connectivity index (χ3v) is 4.99. The van der Waals surface area contributed by atoms with Crippen molar-refractivity contribution >= 4 is 44.1 Å². The van der Waals surface area contributed by atoms with Crippen LogP contribution in [-0.4, -0.2) is 24.3 Å². The third-order valence-electron chi connectivity index (χ3n) is 3.73. The summed E-state index contributed by atoms with van der Waals surface area (Å²) in [5, 5.41) is 0.888. The van der Waals surface area contributed by atoms with Gasteiger partial charge in [0, 0.05) is 18.5 Å². The highest BCUT2D eigenvalue weighted by molar-refractivity contribution is 7.21. The van der Waals surface area contributed by atoms with Crippen LogP contribution in [0.15, 0.2) is 23.0 Å². The molecule has 3 rings (SSSR count). The van der Waals surface area contributed by atoms with Crippen molar-refractivity contribution in [3.05, 3.63) is 33.3 Å². The zero-order chi connectivity index (χ0) is 16.7. The molecule has 0 aliphatic heterocycles. The molecule has 0 amide bonds. The lowest BCUT2D eigenvalue weighted by Crippen LogP contribution is -2.10. The van der Waals surface area contributed by atoms with Crippen molar-refractivity contribution in [2.75, 3.05) is 19.5 Å². The lowest BCUT2D eigenvalue weighted by molar-refractivity contribution is 0.0533. The van der Waals surface area contributed by atoms with Gasteiger partial charge in [0.1, 0.15) is 15.5 Å². The molecule has 2 N–H and O–H groups in total. The van der Waals surface area contributed by atoms with Gasteiger partial charge in [0.15, 0.2) is 5.43 Å². The van der Waals surface area contributed by atoms with Crippen LogP contribution in [0.4, 0.5) is 5.69 Å². The molecule has 2 aromatic heterocycles. The summed E-state index contributed by atoms with van der Waals surface area (Å²) < 4.78 is 12.1. The standard InChI is InChI=1S/C16H16N2O4S/c1-4-22-16(20)14-12(17)11-13(19)9-6-5-8(21-3)7-10(9)18(2)15(11)23-14/h5-7H,4,17H2,1-3H3. The number of thiophene rings is 1. The van der Waals surface area contributed by atoms with E-state index in [9.17, 15) is 9.59 Å². The van der Waals surface area contributed by atoms with E-state index in [0.717, 1.165) is 16.9 Å². The smallest absolute Gasteiger partial charge is 0.350 e. The monoisotopic (exact) mass is 332 g/mol. The molecule has 0 aliphatic rings. The number of ether oxygens (including phenoxy) is 2. The summed E-state index contributed by atoms with van der Waals surface area (Å²) >= 11 is 1.16. The summed E-state index contributed by atoms with van der Waals surface area (Å²) in [6, 6.07) is 5.22. The minimum atomic E-state index is -0.507. The second kappa shape index (κ2) is 5.58. The van der Waals surface area contributed by atoms with E-state index in [4.69, 9.17) is 15.2 Å². The lowest BCUT2D eigenvalue weighted by atomic mass is 10.1. The second-order valence-electron chi connectivity index (χ2n) is 5.02. The van der Waals surface area contributed by atoms with Gasteiger partial charge in [-0.15, -0.1) is 11.3 Å².